The summed E-state index contributed by atoms with van der Waals surface area (Å²) < 4.78 is 1.18. The van der Waals surface area contributed by atoms with Crippen LogP contribution in [0, 0.1) is 17.3 Å². The van der Waals surface area contributed by atoms with Gasteiger partial charge in [0.25, 0.3) is 0 Å². The smallest absolute Gasteiger partial charge is 0.226 e. The monoisotopic (exact) mass is 328 g/mol. The van der Waals surface area contributed by atoms with Gasteiger partial charge in [-0.3, -0.25) is 4.79 Å². The summed E-state index contributed by atoms with van der Waals surface area (Å²) in [5.41, 5.74) is 2.37. The van der Waals surface area contributed by atoms with Gasteiger partial charge in [0, 0.05) is 7.05 Å². The molecule has 4 heteroatoms. The van der Waals surface area contributed by atoms with Crippen molar-refractivity contribution in [3.63, 3.8) is 0 Å². The number of carbonyl (C=O) groups excluding carboxylic acids is 1. The molecule has 1 aliphatic rings. The van der Waals surface area contributed by atoms with Crippen molar-refractivity contribution < 1.29 is 4.79 Å². The third kappa shape index (κ3) is 3.05. The second kappa shape index (κ2) is 5.75. The lowest BCUT2D eigenvalue weighted by Gasteiger charge is -2.16. The molecule has 3 nitrogen and oxygen atoms in total. The van der Waals surface area contributed by atoms with Crippen LogP contribution >= 0.6 is 11.3 Å². The van der Waals surface area contributed by atoms with Gasteiger partial charge in [-0.25, -0.2) is 4.98 Å². The molecule has 1 aromatic heterocycles. The first-order valence-corrected chi connectivity index (χ1v) is 8.87. The summed E-state index contributed by atoms with van der Waals surface area (Å²) >= 11 is 1.67. The zero-order valence-electron chi connectivity index (χ0n) is 14.5. The molecule has 2 aromatic rings. The number of aromatic nitrogens is 1. The quantitative estimate of drug-likeness (QED) is 0.775. The summed E-state index contributed by atoms with van der Waals surface area (Å²) in [5, 5.41) is 0.999. The van der Waals surface area contributed by atoms with Gasteiger partial charge >= 0.3 is 0 Å². The number of thiazole rings is 1. The van der Waals surface area contributed by atoms with Crippen molar-refractivity contribution >= 4 is 27.5 Å². The number of amides is 1. The van der Waals surface area contributed by atoms with Gasteiger partial charge in [0.1, 0.15) is 5.01 Å². The second-order valence-electron chi connectivity index (χ2n) is 7.34. The van der Waals surface area contributed by atoms with Crippen molar-refractivity contribution in [2.75, 3.05) is 7.05 Å². The van der Waals surface area contributed by atoms with Crippen LogP contribution in [-0.4, -0.2) is 22.8 Å². The molecule has 0 spiro atoms. The molecule has 1 aromatic carbocycles. The van der Waals surface area contributed by atoms with Crippen LogP contribution in [0.2, 0.25) is 0 Å². The summed E-state index contributed by atoms with van der Waals surface area (Å²) in [5.74, 6) is 0.686. The Bertz CT molecular complexity index is 738. The van der Waals surface area contributed by atoms with Crippen LogP contribution in [0.15, 0.2) is 35.9 Å². The van der Waals surface area contributed by atoms with E-state index in [1.54, 1.807) is 11.3 Å². The van der Waals surface area contributed by atoms with Crippen molar-refractivity contribution in [3.05, 3.63) is 40.9 Å². The number of fused-ring (bicyclic) bond motifs is 1. The lowest BCUT2D eigenvalue weighted by molar-refractivity contribution is -0.132. The SMILES string of the molecule is CC(C)=CC1C(C(=O)N(C)Cc2nc3ccccc3s2)C1(C)C. The number of carbonyl (C=O) groups is 1. The topological polar surface area (TPSA) is 33.2 Å². The van der Waals surface area contributed by atoms with Crippen LogP contribution in [0.25, 0.3) is 10.2 Å². The van der Waals surface area contributed by atoms with E-state index in [4.69, 9.17) is 0 Å². The van der Waals surface area contributed by atoms with E-state index >= 15 is 0 Å². The zero-order chi connectivity index (χ0) is 16.8. The number of rotatable bonds is 4. The van der Waals surface area contributed by atoms with E-state index in [-0.39, 0.29) is 17.2 Å². The highest BCUT2D eigenvalue weighted by molar-refractivity contribution is 7.18. The van der Waals surface area contributed by atoms with Crippen molar-refractivity contribution in [2.24, 2.45) is 17.3 Å². The van der Waals surface area contributed by atoms with Crippen molar-refractivity contribution in [2.45, 2.75) is 34.2 Å². The fourth-order valence-electron chi connectivity index (χ4n) is 3.33. The highest BCUT2D eigenvalue weighted by atomic mass is 32.1. The average Bonchev–Trinajstić information content (AvgIpc) is 2.83. The van der Waals surface area contributed by atoms with Crippen LogP contribution < -0.4 is 0 Å². The Hall–Kier alpha value is -1.68. The molecule has 0 saturated heterocycles. The third-order valence-corrected chi connectivity index (χ3v) is 5.80. The van der Waals surface area contributed by atoms with Gasteiger partial charge in [-0.2, -0.15) is 0 Å². The number of benzene rings is 1. The summed E-state index contributed by atoms with van der Waals surface area (Å²) in [6.07, 6.45) is 2.24. The third-order valence-electron chi connectivity index (χ3n) is 4.78. The number of hydrogen-bond acceptors (Lipinski definition) is 3. The van der Waals surface area contributed by atoms with E-state index in [0.29, 0.717) is 12.5 Å². The highest BCUT2D eigenvalue weighted by Crippen LogP contribution is 2.60. The molecular formula is C19H24N2OS. The van der Waals surface area contributed by atoms with Gasteiger partial charge in [-0.1, -0.05) is 37.6 Å². The number of para-hydroxylation sites is 1. The highest BCUT2D eigenvalue weighted by Gasteiger charge is 2.60. The van der Waals surface area contributed by atoms with Gasteiger partial charge in [-0.05, 0) is 37.3 Å². The summed E-state index contributed by atoms with van der Waals surface area (Å²) in [6.45, 7) is 9.16. The molecule has 23 heavy (non-hydrogen) atoms. The predicted octanol–water partition coefficient (Wildman–Crippen LogP) is 4.49. The number of nitrogens with zero attached hydrogens (tertiary/aromatic N) is 2. The maximum Gasteiger partial charge on any atom is 0.226 e. The van der Waals surface area contributed by atoms with E-state index in [1.807, 2.05) is 30.1 Å². The fraction of sp³-hybridized carbons (Fsp3) is 0.474. The van der Waals surface area contributed by atoms with Gasteiger partial charge in [0.05, 0.1) is 22.7 Å². The van der Waals surface area contributed by atoms with Gasteiger partial charge in [-0.15, -0.1) is 11.3 Å². The molecule has 1 heterocycles. The van der Waals surface area contributed by atoms with Gasteiger partial charge < -0.3 is 4.90 Å². The van der Waals surface area contributed by atoms with Crippen LogP contribution in [0.3, 0.4) is 0 Å². The minimum absolute atomic E-state index is 0.0657. The predicted molar refractivity (Wildman–Crippen MR) is 96.3 cm³/mol. The van der Waals surface area contributed by atoms with E-state index in [1.165, 1.54) is 10.3 Å². The first-order valence-electron chi connectivity index (χ1n) is 8.05. The summed E-state index contributed by atoms with van der Waals surface area (Å²) in [4.78, 5) is 19.3. The first-order chi connectivity index (χ1) is 10.8. The van der Waals surface area contributed by atoms with Crippen LogP contribution in [-0.2, 0) is 11.3 Å². The second-order valence-corrected chi connectivity index (χ2v) is 8.45. The average molecular weight is 328 g/mol. The maximum atomic E-state index is 12.8. The zero-order valence-corrected chi connectivity index (χ0v) is 15.3. The van der Waals surface area contributed by atoms with Crippen LogP contribution in [0.1, 0.15) is 32.7 Å². The normalized spacial score (nSPS) is 22.0. The van der Waals surface area contributed by atoms with E-state index in [9.17, 15) is 4.79 Å². The van der Waals surface area contributed by atoms with Crippen LogP contribution in [0.5, 0.6) is 0 Å². The molecule has 1 aliphatic carbocycles. The Labute approximate surface area is 142 Å². The number of allylic oxidation sites excluding steroid dienone is 2. The first kappa shape index (κ1) is 16.2. The molecule has 1 amide bonds. The van der Waals surface area contributed by atoms with Crippen molar-refractivity contribution in [1.29, 1.82) is 0 Å². The lowest BCUT2D eigenvalue weighted by Crippen LogP contribution is -2.29. The minimum atomic E-state index is 0.0657. The number of hydrogen-bond donors (Lipinski definition) is 0. The molecule has 2 atom stereocenters. The Morgan fingerprint density at radius 1 is 1.35 bits per heavy atom. The van der Waals surface area contributed by atoms with Crippen LogP contribution in [0.4, 0.5) is 0 Å². The molecule has 0 bridgehead atoms. The standard InChI is InChI=1S/C19H24N2OS/c1-12(2)10-13-17(19(13,3)4)18(22)21(5)11-16-20-14-8-6-7-9-15(14)23-16/h6-10,13,17H,11H2,1-5H3. The Balaban J connectivity index is 1.72. The van der Waals surface area contributed by atoms with E-state index < -0.39 is 0 Å². The molecular weight excluding hydrogens is 304 g/mol. The molecule has 1 fully saturated rings. The van der Waals surface area contributed by atoms with Gasteiger partial charge in [0.15, 0.2) is 0 Å². The van der Waals surface area contributed by atoms with E-state index in [2.05, 4.69) is 44.8 Å². The molecule has 1 saturated carbocycles. The van der Waals surface area contributed by atoms with Crippen molar-refractivity contribution in [1.82, 2.24) is 9.88 Å². The minimum Gasteiger partial charge on any atom is -0.339 e. The molecule has 2 unspecified atom stereocenters. The largest absolute Gasteiger partial charge is 0.339 e. The fourth-order valence-corrected chi connectivity index (χ4v) is 4.35. The lowest BCUT2D eigenvalue weighted by atomic mass is 10.1. The molecule has 0 N–H and O–H groups in total. The Morgan fingerprint density at radius 3 is 2.70 bits per heavy atom. The van der Waals surface area contributed by atoms with E-state index in [0.717, 1.165) is 10.5 Å². The summed E-state index contributed by atoms with van der Waals surface area (Å²) in [6, 6.07) is 8.12. The Morgan fingerprint density at radius 2 is 2.04 bits per heavy atom. The maximum absolute atomic E-state index is 12.8. The molecule has 122 valence electrons. The molecule has 0 radical (unpaired) electrons. The molecule has 3 rings (SSSR count). The van der Waals surface area contributed by atoms with Crippen molar-refractivity contribution in [3.8, 4) is 0 Å². The summed E-state index contributed by atoms with van der Waals surface area (Å²) in [7, 11) is 1.89. The van der Waals surface area contributed by atoms with Gasteiger partial charge in [0.2, 0.25) is 5.91 Å². The Kier molecular flexibility index (Phi) is 4.05. The molecule has 0 aliphatic heterocycles.